The molecule has 33 heavy (non-hydrogen) atoms. The first-order valence-corrected chi connectivity index (χ1v) is 12.1. The van der Waals surface area contributed by atoms with Crippen LogP contribution in [0.5, 0.6) is 11.5 Å². The number of nitrogens with one attached hydrogen (secondary N) is 1. The maximum atomic E-state index is 13.1. The number of carbonyl (C=O) groups excluding carboxylic acids is 2. The SMILES string of the molecule is COc1ccc(NC(=O)COC(=O)COc2ccccc2Cl)cc1S(=O)(=O)N1CCCCC1. The number of esters is 1. The zero-order chi connectivity index (χ0) is 23.8. The summed E-state index contributed by atoms with van der Waals surface area (Å²) in [7, 11) is -2.40. The molecule has 1 N–H and O–H groups in total. The topological polar surface area (TPSA) is 111 Å². The fourth-order valence-corrected chi connectivity index (χ4v) is 5.17. The molecule has 0 bridgehead atoms. The predicted molar refractivity (Wildman–Crippen MR) is 122 cm³/mol. The molecule has 178 valence electrons. The third-order valence-electron chi connectivity index (χ3n) is 4.93. The highest BCUT2D eigenvalue weighted by Gasteiger charge is 2.29. The number of piperidine rings is 1. The van der Waals surface area contributed by atoms with Gasteiger partial charge in [0.1, 0.15) is 16.4 Å². The lowest BCUT2D eigenvalue weighted by atomic mass is 10.2. The molecule has 9 nitrogen and oxygen atoms in total. The molecule has 11 heteroatoms. The number of amides is 1. The maximum Gasteiger partial charge on any atom is 0.344 e. The third-order valence-corrected chi connectivity index (χ3v) is 7.16. The molecule has 3 rings (SSSR count). The van der Waals surface area contributed by atoms with Crippen LogP contribution in [0.3, 0.4) is 0 Å². The average Bonchev–Trinajstić information content (AvgIpc) is 2.82. The second-order valence-electron chi connectivity index (χ2n) is 7.26. The molecule has 1 aliphatic rings. The van der Waals surface area contributed by atoms with Gasteiger partial charge in [0.05, 0.1) is 12.1 Å². The van der Waals surface area contributed by atoms with Gasteiger partial charge in [0.15, 0.2) is 13.2 Å². The Labute approximate surface area is 197 Å². The summed E-state index contributed by atoms with van der Waals surface area (Å²) in [6, 6.07) is 11.0. The summed E-state index contributed by atoms with van der Waals surface area (Å²) in [4.78, 5) is 24.0. The van der Waals surface area contributed by atoms with E-state index in [0.717, 1.165) is 19.3 Å². The zero-order valence-electron chi connectivity index (χ0n) is 18.1. The van der Waals surface area contributed by atoms with Crippen LogP contribution in [0.1, 0.15) is 19.3 Å². The van der Waals surface area contributed by atoms with Gasteiger partial charge < -0.3 is 19.5 Å². The van der Waals surface area contributed by atoms with Gasteiger partial charge in [-0.25, -0.2) is 13.2 Å². The Bertz CT molecular complexity index is 1100. The Hall–Kier alpha value is -2.82. The Kier molecular flexibility index (Phi) is 8.54. The van der Waals surface area contributed by atoms with Crippen molar-refractivity contribution < 1.29 is 32.2 Å². The summed E-state index contributed by atoms with van der Waals surface area (Å²) in [5.41, 5.74) is 0.236. The minimum absolute atomic E-state index is 0.0326. The number of carbonyl (C=O) groups is 2. The van der Waals surface area contributed by atoms with Crippen molar-refractivity contribution >= 4 is 39.2 Å². The van der Waals surface area contributed by atoms with Crippen LogP contribution in [-0.4, -0.2) is 58.0 Å². The smallest absolute Gasteiger partial charge is 0.344 e. The van der Waals surface area contributed by atoms with Gasteiger partial charge in [0.2, 0.25) is 10.0 Å². The quantitative estimate of drug-likeness (QED) is 0.531. The molecule has 0 atom stereocenters. The van der Waals surface area contributed by atoms with Crippen LogP contribution in [0.15, 0.2) is 47.4 Å². The van der Waals surface area contributed by atoms with Crippen molar-refractivity contribution in [3.05, 3.63) is 47.5 Å². The van der Waals surface area contributed by atoms with Crippen molar-refractivity contribution in [3.63, 3.8) is 0 Å². The summed E-state index contributed by atoms with van der Waals surface area (Å²) in [6.07, 6.45) is 2.58. The van der Waals surface area contributed by atoms with Gasteiger partial charge in [-0.3, -0.25) is 4.79 Å². The van der Waals surface area contributed by atoms with Crippen LogP contribution in [0, 0.1) is 0 Å². The average molecular weight is 497 g/mol. The van der Waals surface area contributed by atoms with Crippen LogP contribution in [0.2, 0.25) is 5.02 Å². The van der Waals surface area contributed by atoms with Gasteiger partial charge in [-0.15, -0.1) is 0 Å². The maximum absolute atomic E-state index is 13.1. The number of ether oxygens (including phenoxy) is 3. The van der Waals surface area contributed by atoms with E-state index in [0.29, 0.717) is 23.9 Å². The van der Waals surface area contributed by atoms with Crippen LogP contribution in [0.25, 0.3) is 0 Å². The number of nitrogens with zero attached hydrogens (tertiary/aromatic N) is 1. The zero-order valence-corrected chi connectivity index (χ0v) is 19.7. The highest BCUT2D eigenvalue weighted by Crippen LogP contribution is 2.31. The first kappa shape index (κ1) is 24.8. The first-order chi connectivity index (χ1) is 15.8. The fraction of sp³-hybridized carbons (Fsp3) is 0.364. The molecule has 2 aromatic carbocycles. The number of hydrogen-bond acceptors (Lipinski definition) is 7. The summed E-state index contributed by atoms with van der Waals surface area (Å²) < 4.78 is 43.0. The number of rotatable bonds is 9. The van der Waals surface area contributed by atoms with Gasteiger partial charge >= 0.3 is 5.97 Å². The lowest BCUT2D eigenvalue weighted by Gasteiger charge is -2.26. The van der Waals surface area contributed by atoms with E-state index in [-0.39, 0.29) is 16.3 Å². The van der Waals surface area contributed by atoms with Crippen LogP contribution in [-0.2, 0) is 24.3 Å². The number of halogens is 1. The number of para-hydroxylation sites is 1. The fourth-order valence-electron chi connectivity index (χ4n) is 3.28. The van der Waals surface area contributed by atoms with Crippen molar-refractivity contribution in [2.75, 3.05) is 38.7 Å². The highest BCUT2D eigenvalue weighted by molar-refractivity contribution is 7.89. The second-order valence-corrected chi connectivity index (χ2v) is 9.57. The molecule has 1 fully saturated rings. The summed E-state index contributed by atoms with van der Waals surface area (Å²) in [5.74, 6) is -0.885. The molecule has 0 aliphatic carbocycles. The number of hydrogen-bond donors (Lipinski definition) is 1. The normalized spacial score (nSPS) is 14.4. The Morgan fingerprint density at radius 1 is 1.03 bits per heavy atom. The summed E-state index contributed by atoms with van der Waals surface area (Å²) in [5, 5.41) is 2.88. The van der Waals surface area contributed by atoms with Crippen LogP contribution >= 0.6 is 11.6 Å². The van der Waals surface area contributed by atoms with E-state index in [1.54, 1.807) is 24.3 Å². The van der Waals surface area contributed by atoms with E-state index in [9.17, 15) is 18.0 Å². The largest absolute Gasteiger partial charge is 0.495 e. The van der Waals surface area contributed by atoms with E-state index < -0.39 is 35.1 Å². The number of sulfonamides is 1. The van der Waals surface area contributed by atoms with Crippen molar-refractivity contribution in [1.82, 2.24) is 4.31 Å². The van der Waals surface area contributed by atoms with E-state index in [1.165, 1.54) is 29.6 Å². The number of methoxy groups -OCH3 is 1. The predicted octanol–water partition coefficient (Wildman–Crippen LogP) is 3.08. The lowest BCUT2D eigenvalue weighted by molar-refractivity contribution is -0.149. The standard InChI is InChI=1S/C22H25ClN2O7S/c1-30-19-10-9-16(13-20(19)33(28,29)25-11-5-2-6-12-25)24-21(26)14-32-22(27)15-31-18-8-4-3-7-17(18)23/h3-4,7-10,13H,2,5-6,11-12,14-15H2,1H3,(H,24,26). The Balaban J connectivity index is 1.58. The van der Waals surface area contributed by atoms with Crippen molar-refractivity contribution in [2.24, 2.45) is 0 Å². The molecule has 1 aliphatic heterocycles. The van der Waals surface area contributed by atoms with Gasteiger partial charge in [-0.1, -0.05) is 30.2 Å². The number of anilines is 1. The van der Waals surface area contributed by atoms with Crippen molar-refractivity contribution in [3.8, 4) is 11.5 Å². The summed E-state index contributed by atoms with van der Waals surface area (Å²) in [6.45, 7) is -0.106. The molecule has 0 unspecified atom stereocenters. The van der Waals surface area contributed by atoms with Gasteiger partial charge in [0, 0.05) is 18.8 Å². The molecule has 0 aromatic heterocycles. The van der Waals surface area contributed by atoms with Gasteiger partial charge in [0.25, 0.3) is 5.91 Å². The monoisotopic (exact) mass is 496 g/mol. The summed E-state index contributed by atoms with van der Waals surface area (Å²) >= 11 is 5.95. The third kappa shape index (κ3) is 6.59. The van der Waals surface area contributed by atoms with Gasteiger partial charge in [-0.2, -0.15) is 4.31 Å². The minimum atomic E-state index is -3.78. The molecular weight excluding hydrogens is 472 g/mol. The molecule has 1 heterocycles. The Morgan fingerprint density at radius 2 is 1.76 bits per heavy atom. The number of benzene rings is 2. The Morgan fingerprint density at radius 3 is 2.45 bits per heavy atom. The van der Waals surface area contributed by atoms with Crippen LogP contribution in [0.4, 0.5) is 5.69 Å². The van der Waals surface area contributed by atoms with E-state index in [1.807, 2.05) is 0 Å². The molecule has 2 aromatic rings. The highest BCUT2D eigenvalue weighted by atomic mass is 35.5. The van der Waals surface area contributed by atoms with Gasteiger partial charge in [-0.05, 0) is 43.2 Å². The first-order valence-electron chi connectivity index (χ1n) is 10.3. The lowest BCUT2D eigenvalue weighted by Crippen LogP contribution is -2.35. The van der Waals surface area contributed by atoms with Crippen molar-refractivity contribution in [1.29, 1.82) is 0 Å². The van der Waals surface area contributed by atoms with E-state index in [4.69, 9.17) is 25.8 Å². The van der Waals surface area contributed by atoms with E-state index >= 15 is 0 Å². The molecule has 0 radical (unpaired) electrons. The molecular formula is C22H25ClN2O7S. The van der Waals surface area contributed by atoms with Crippen LogP contribution < -0.4 is 14.8 Å². The second kappa shape index (κ2) is 11.4. The van der Waals surface area contributed by atoms with Crippen molar-refractivity contribution in [2.45, 2.75) is 24.2 Å². The molecule has 1 saturated heterocycles. The van der Waals surface area contributed by atoms with E-state index in [2.05, 4.69) is 5.32 Å². The molecule has 1 amide bonds. The minimum Gasteiger partial charge on any atom is -0.495 e. The molecule has 0 saturated carbocycles. The molecule has 0 spiro atoms.